The molecule has 152 valence electrons. The molecular weight excluding hydrogens is 400 g/mol. The molecule has 0 aliphatic carbocycles. The maximum atomic E-state index is 12.9. The van der Waals surface area contributed by atoms with Crippen LogP contribution in [0.3, 0.4) is 0 Å². The lowest BCUT2D eigenvalue weighted by Crippen LogP contribution is -2.46. The zero-order chi connectivity index (χ0) is 21.2. The van der Waals surface area contributed by atoms with Crippen molar-refractivity contribution >= 4 is 15.7 Å². The second kappa shape index (κ2) is 7.76. The number of hydrogen-bond donors (Lipinski definition) is 1. The summed E-state index contributed by atoms with van der Waals surface area (Å²) in [5, 5.41) is 7.14. The number of sulfone groups is 1. The van der Waals surface area contributed by atoms with E-state index in [1.807, 2.05) is 6.07 Å². The molecule has 0 spiro atoms. The van der Waals surface area contributed by atoms with Gasteiger partial charge in [-0.3, -0.25) is 9.78 Å². The summed E-state index contributed by atoms with van der Waals surface area (Å²) in [6.45, 7) is 1.76. The standard InChI is InChI=1S/C22H20N4O3S/c1-22(9-13-30(28,29)16-22)25-21(27)19-7-8-20(26-12-3-11-24-26)18(14-19)6-5-17-4-2-10-23-15-17/h2-4,7-8,10-12,14-15H,9,13,16H2,1H3,(H,25,27)/t22-/m0/s1. The van der Waals surface area contributed by atoms with Crippen LogP contribution in [-0.4, -0.2) is 46.1 Å². The van der Waals surface area contributed by atoms with E-state index in [0.717, 1.165) is 11.3 Å². The third kappa shape index (κ3) is 4.42. The van der Waals surface area contributed by atoms with Crippen LogP contribution < -0.4 is 5.32 Å². The van der Waals surface area contributed by atoms with Gasteiger partial charge in [-0.15, -0.1) is 0 Å². The molecule has 1 fully saturated rings. The molecule has 1 saturated heterocycles. The van der Waals surface area contributed by atoms with E-state index in [-0.39, 0.29) is 17.4 Å². The highest BCUT2D eigenvalue weighted by Gasteiger charge is 2.39. The number of rotatable bonds is 3. The number of carbonyl (C=O) groups is 1. The Bertz CT molecular complexity index is 1240. The molecule has 3 aromatic rings. The highest BCUT2D eigenvalue weighted by molar-refractivity contribution is 7.91. The molecule has 0 radical (unpaired) electrons. The highest BCUT2D eigenvalue weighted by atomic mass is 32.2. The van der Waals surface area contributed by atoms with Crippen molar-refractivity contribution in [3.05, 3.63) is 77.9 Å². The van der Waals surface area contributed by atoms with E-state index in [0.29, 0.717) is 17.5 Å². The molecule has 2 aromatic heterocycles. The van der Waals surface area contributed by atoms with Crippen molar-refractivity contribution in [3.8, 4) is 17.5 Å². The van der Waals surface area contributed by atoms with E-state index in [2.05, 4.69) is 27.2 Å². The van der Waals surface area contributed by atoms with Crippen LogP contribution in [0.4, 0.5) is 0 Å². The van der Waals surface area contributed by atoms with Gasteiger partial charge in [0.25, 0.3) is 5.91 Å². The molecule has 3 heterocycles. The van der Waals surface area contributed by atoms with Crippen LogP contribution in [0.1, 0.15) is 34.8 Å². The summed E-state index contributed by atoms with van der Waals surface area (Å²) < 4.78 is 25.3. The SMILES string of the molecule is C[C@]1(NC(=O)c2ccc(-n3cccn3)c(C#Cc3cccnc3)c2)CCS(=O)(=O)C1. The van der Waals surface area contributed by atoms with Gasteiger partial charge in [0, 0.05) is 35.9 Å². The molecule has 30 heavy (non-hydrogen) atoms. The molecule has 1 aromatic carbocycles. The van der Waals surface area contributed by atoms with Crippen molar-refractivity contribution in [1.29, 1.82) is 0 Å². The van der Waals surface area contributed by atoms with Crippen LogP contribution in [0.5, 0.6) is 0 Å². The zero-order valence-electron chi connectivity index (χ0n) is 16.4. The van der Waals surface area contributed by atoms with Gasteiger partial charge in [-0.05, 0) is 49.7 Å². The Morgan fingerprint density at radius 2 is 2.07 bits per heavy atom. The van der Waals surface area contributed by atoms with Gasteiger partial charge < -0.3 is 5.32 Å². The van der Waals surface area contributed by atoms with Crippen LogP contribution in [0.25, 0.3) is 5.69 Å². The second-order valence-corrected chi connectivity index (χ2v) is 9.72. The Labute approximate surface area is 175 Å². The number of benzene rings is 1. The number of nitrogens with one attached hydrogen (secondary N) is 1. The topological polar surface area (TPSA) is 93.9 Å². The average Bonchev–Trinajstić information content (AvgIpc) is 3.34. The first-order chi connectivity index (χ1) is 14.3. The van der Waals surface area contributed by atoms with E-state index < -0.39 is 15.4 Å². The van der Waals surface area contributed by atoms with Crippen LogP contribution >= 0.6 is 0 Å². The Balaban J connectivity index is 1.67. The maximum Gasteiger partial charge on any atom is 0.251 e. The lowest BCUT2D eigenvalue weighted by atomic mass is 10.0. The Morgan fingerprint density at radius 1 is 1.20 bits per heavy atom. The molecule has 1 aliphatic rings. The first-order valence-corrected chi connectivity index (χ1v) is 11.2. The van der Waals surface area contributed by atoms with Gasteiger partial charge >= 0.3 is 0 Å². The first kappa shape index (κ1) is 19.9. The fraction of sp³-hybridized carbons (Fsp3) is 0.227. The van der Waals surface area contributed by atoms with Crippen molar-refractivity contribution in [2.45, 2.75) is 18.9 Å². The van der Waals surface area contributed by atoms with Crippen LogP contribution in [0.2, 0.25) is 0 Å². The van der Waals surface area contributed by atoms with Crippen molar-refractivity contribution < 1.29 is 13.2 Å². The Morgan fingerprint density at radius 3 is 2.73 bits per heavy atom. The number of pyridine rings is 1. The molecular formula is C22H20N4O3S. The molecule has 1 amide bonds. The van der Waals surface area contributed by atoms with Crippen LogP contribution in [0, 0.1) is 11.8 Å². The lowest BCUT2D eigenvalue weighted by Gasteiger charge is -2.24. The van der Waals surface area contributed by atoms with Crippen molar-refractivity contribution in [2.75, 3.05) is 11.5 Å². The summed E-state index contributed by atoms with van der Waals surface area (Å²) in [5.41, 5.74) is 1.76. The molecule has 7 nitrogen and oxygen atoms in total. The minimum Gasteiger partial charge on any atom is -0.346 e. The van der Waals surface area contributed by atoms with Gasteiger partial charge in [0.15, 0.2) is 9.84 Å². The maximum absolute atomic E-state index is 12.9. The zero-order valence-corrected chi connectivity index (χ0v) is 17.2. The summed E-state index contributed by atoms with van der Waals surface area (Å²) in [6, 6.07) is 10.6. The molecule has 0 saturated carbocycles. The predicted molar refractivity (Wildman–Crippen MR) is 113 cm³/mol. The molecule has 1 N–H and O–H groups in total. The quantitative estimate of drug-likeness (QED) is 0.654. The third-order valence-corrected chi connectivity index (χ3v) is 6.83. The minimum atomic E-state index is -3.12. The van der Waals surface area contributed by atoms with Gasteiger partial charge in [0.1, 0.15) is 0 Å². The number of carbonyl (C=O) groups excluding carboxylic acids is 1. The van der Waals surface area contributed by atoms with Gasteiger partial charge in [-0.1, -0.05) is 11.8 Å². The smallest absolute Gasteiger partial charge is 0.251 e. The van der Waals surface area contributed by atoms with Gasteiger partial charge in [0.2, 0.25) is 0 Å². The van der Waals surface area contributed by atoms with E-state index in [9.17, 15) is 13.2 Å². The predicted octanol–water partition coefficient (Wildman–Crippen LogP) is 1.97. The molecule has 1 aliphatic heterocycles. The van der Waals surface area contributed by atoms with Crippen LogP contribution in [0.15, 0.2) is 61.2 Å². The summed E-state index contributed by atoms with van der Waals surface area (Å²) in [6.07, 6.45) is 7.21. The van der Waals surface area contributed by atoms with Crippen molar-refractivity contribution in [1.82, 2.24) is 20.1 Å². The largest absolute Gasteiger partial charge is 0.346 e. The van der Waals surface area contributed by atoms with E-state index in [1.54, 1.807) is 66.7 Å². The Hall–Kier alpha value is -3.44. The normalized spacial score (nSPS) is 19.6. The molecule has 1 atom stereocenters. The number of hydrogen-bond acceptors (Lipinski definition) is 5. The number of nitrogens with zero attached hydrogens (tertiary/aromatic N) is 3. The second-order valence-electron chi connectivity index (χ2n) is 7.53. The van der Waals surface area contributed by atoms with Gasteiger partial charge in [0.05, 0.1) is 28.3 Å². The monoisotopic (exact) mass is 420 g/mol. The highest BCUT2D eigenvalue weighted by Crippen LogP contribution is 2.24. The Kier molecular flexibility index (Phi) is 5.14. The summed E-state index contributed by atoms with van der Waals surface area (Å²) in [5.74, 6) is 5.87. The summed E-state index contributed by atoms with van der Waals surface area (Å²) in [7, 11) is -3.12. The van der Waals surface area contributed by atoms with Gasteiger partial charge in [-0.2, -0.15) is 5.10 Å². The minimum absolute atomic E-state index is 0.0508. The lowest BCUT2D eigenvalue weighted by molar-refractivity contribution is 0.0915. The van der Waals surface area contributed by atoms with Crippen molar-refractivity contribution in [2.24, 2.45) is 0 Å². The fourth-order valence-electron chi connectivity index (χ4n) is 3.42. The first-order valence-electron chi connectivity index (χ1n) is 9.43. The molecule has 0 unspecified atom stereocenters. The summed E-state index contributed by atoms with van der Waals surface area (Å²) >= 11 is 0. The van der Waals surface area contributed by atoms with Crippen molar-refractivity contribution in [3.63, 3.8) is 0 Å². The molecule has 0 bridgehead atoms. The molecule has 8 heteroatoms. The summed E-state index contributed by atoms with van der Waals surface area (Å²) in [4.78, 5) is 16.9. The third-order valence-electron chi connectivity index (χ3n) is 4.93. The number of aromatic nitrogens is 3. The van der Waals surface area contributed by atoms with E-state index in [4.69, 9.17) is 0 Å². The molecule has 4 rings (SSSR count). The van der Waals surface area contributed by atoms with E-state index >= 15 is 0 Å². The fourth-order valence-corrected chi connectivity index (χ4v) is 5.51. The number of amides is 1. The average molecular weight is 420 g/mol. The van der Waals surface area contributed by atoms with Crippen LogP contribution in [-0.2, 0) is 9.84 Å². The van der Waals surface area contributed by atoms with Gasteiger partial charge in [-0.25, -0.2) is 13.1 Å². The van der Waals surface area contributed by atoms with E-state index in [1.165, 1.54) is 0 Å².